The molecule has 1 amide bonds. The van der Waals surface area contributed by atoms with E-state index in [0.29, 0.717) is 22.9 Å². The molecule has 0 saturated carbocycles. The lowest BCUT2D eigenvalue weighted by atomic mass is 10.2. The fourth-order valence-electron chi connectivity index (χ4n) is 2.37. The molecule has 0 bridgehead atoms. The molecule has 0 unspecified atom stereocenters. The van der Waals surface area contributed by atoms with Crippen molar-refractivity contribution >= 4 is 34.7 Å². The molecule has 0 spiro atoms. The van der Waals surface area contributed by atoms with Gasteiger partial charge in [-0.05, 0) is 24.3 Å². The van der Waals surface area contributed by atoms with E-state index in [-0.39, 0.29) is 18.9 Å². The number of benzene rings is 2. The van der Waals surface area contributed by atoms with E-state index in [9.17, 15) is 14.4 Å². The molecule has 9 heteroatoms. The summed E-state index contributed by atoms with van der Waals surface area (Å²) in [6, 6.07) is 13.6. The quantitative estimate of drug-likeness (QED) is 0.142. The van der Waals surface area contributed by atoms with Crippen molar-refractivity contribution in [3.05, 3.63) is 61.2 Å². The number of anilines is 2. The highest BCUT2D eigenvalue weighted by atomic mass is 16.6. The molecule has 9 nitrogen and oxygen atoms in total. The van der Waals surface area contributed by atoms with Gasteiger partial charge in [0, 0.05) is 13.0 Å². The summed E-state index contributed by atoms with van der Waals surface area (Å²) in [7, 11) is 1.47. The number of ether oxygens (including phenoxy) is 3. The van der Waals surface area contributed by atoms with E-state index in [0.717, 1.165) is 6.08 Å². The number of rotatable bonds is 11. The van der Waals surface area contributed by atoms with Crippen LogP contribution < -0.4 is 20.2 Å². The average molecular weight is 425 g/mol. The Morgan fingerprint density at radius 2 is 1.65 bits per heavy atom. The van der Waals surface area contributed by atoms with Crippen LogP contribution in [-0.2, 0) is 19.1 Å². The monoisotopic (exact) mass is 425 g/mol. The maximum absolute atomic E-state index is 12.6. The Kier molecular flexibility index (Phi) is 8.78. The maximum atomic E-state index is 12.6. The zero-order valence-corrected chi connectivity index (χ0v) is 17.2. The number of hydrogen-bond acceptors (Lipinski definition) is 8. The van der Waals surface area contributed by atoms with Crippen molar-refractivity contribution in [3.8, 4) is 11.5 Å². The summed E-state index contributed by atoms with van der Waals surface area (Å²) in [5, 5.41) is 6.57. The molecule has 0 aliphatic heterocycles. The molecule has 0 heterocycles. The van der Waals surface area contributed by atoms with Gasteiger partial charge in [0.2, 0.25) is 0 Å². The van der Waals surface area contributed by atoms with Crippen LogP contribution >= 0.6 is 0 Å². The highest BCUT2D eigenvalue weighted by Gasteiger charge is 2.19. The molecule has 0 fully saturated rings. The largest absolute Gasteiger partial charge is 0.495 e. The van der Waals surface area contributed by atoms with E-state index in [1.54, 1.807) is 48.5 Å². The minimum absolute atomic E-state index is 0.0302. The van der Waals surface area contributed by atoms with Gasteiger partial charge in [-0.3, -0.25) is 15.0 Å². The van der Waals surface area contributed by atoms with Crippen LogP contribution in [0.3, 0.4) is 0 Å². The minimum atomic E-state index is -0.695. The van der Waals surface area contributed by atoms with Crippen molar-refractivity contribution in [3.63, 3.8) is 0 Å². The van der Waals surface area contributed by atoms with Crippen molar-refractivity contribution in [2.45, 2.75) is 6.92 Å². The van der Waals surface area contributed by atoms with Gasteiger partial charge in [-0.15, -0.1) is 0 Å². The lowest BCUT2D eigenvalue weighted by Crippen LogP contribution is -2.29. The summed E-state index contributed by atoms with van der Waals surface area (Å²) in [4.78, 5) is 35.6. The summed E-state index contributed by atoms with van der Waals surface area (Å²) in [5.74, 6) is -0.933. The summed E-state index contributed by atoms with van der Waals surface area (Å²) in [5.41, 5.74) is 3.17. The summed E-state index contributed by atoms with van der Waals surface area (Å²) < 4.78 is 15.6. The van der Waals surface area contributed by atoms with Gasteiger partial charge in [0.25, 0.3) is 5.91 Å². The average Bonchev–Trinajstić information content (AvgIpc) is 2.77. The van der Waals surface area contributed by atoms with E-state index >= 15 is 0 Å². The van der Waals surface area contributed by atoms with Crippen LogP contribution in [0.25, 0.3) is 0 Å². The normalized spacial score (nSPS) is 10.6. The molecule has 0 saturated heterocycles. The highest BCUT2D eigenvalue weighted by Crippen LogP contribution is 2.24. The Bertz CT molecular complexity index is 987. The van der Waals surface area contributed by atoms with Crippen LogP contribution in [0.4, 0.5) is 11.4 Å². The molecular formula is C22H23N3O6. The van der Waals surface area contributed by atoms with E-state index in [2.05, 4.69) is 22.4 Å². The van der Waals surface area contributed by atoms with Crippen molar-refractivity contribution in [1.82, 2.24) is 0 Å². The second-order valence-electron chi connectivity index (χ2n) is 6.00. The zero-order chi connectivity index (χ0) is 22.6. The Balaban J connectivity index is 2.10. The smallest absolute Gasteiger partial charge is 0.330 e. The Morgan fingerprint density at radius 3 is 2.29 bits per heavy atom. The number of methoxy groups -OCH3 is 1. The predicted octanol–water partition coefficient (Wildman–Crippen LogP) is 2.80. The van der Waals surface area contributed by atoms with Gasteiger partial charge in [-0.1, -0.05) is 30.8 Å². The first kappa shape index (κ1) is 23.1. The highest BCUT2D eigenvalue weighted by molar-refractivity contribution is 6.67. The van der Waals surface area contributed by atoms with Crippen molar-refractivity contribution < 1.29 is 28.6 Å². The topological polar surface area (TPSA) is 115 Å². The number of esters is 1. The fraction of sp³-hybridized carbons (Fsp3) is 0.182. The Hall–Kier alpha value is -4.14. The molecule has 0 atom stereocenters. The first-order valence-corrected chi connectivity index (χ1v) is 9.26. The number of carbonyl (C=O) groups is 3. The van der Waals surface area contributed by atoms with Crippen LogP contribution in [0.1, 0.15) is 6.92 Å². The molecular weight excluding hydrogens is 402 g/mol. The molecule has 2 aromatic carbocycles. The van der Waals surface area contributed by atoms with Crippen molar-refractivity contribution in [2.24, 2.45) is 5.10 Å². The number of hydrazone groups is 1. The van der Waals surface area contributed by atoms with Crippen LogP contribution in [0.2, 0.25) is 0 Å². The van der Waals surface area contributed by atoms with Crippen LogP contribution in [0.15, 0.2) is 66.3 Å². The number of ketones is 1. The lowest BCUT2D eigenvalue weighted by molar-refractivity contribution is -0.138. The number of carbonyl (C=O) groups excluding carboxylic acids is 3. The molecule has 31 heavy (non-hydrogen) atoms. The van der Waals surface area contributed by atoms with E-state index in [1.165, 1.54) is 14.0 Å². The molecule has 0 radical (unpaired) electrons. The van der Waals surface area contributed by atoms with Gasteiger partial charge >= 0.3 is 5.97 Å². The number of amides is 1. The van der Waals surface area contributed by atoms with Crippen LogP contribution in [0.5, 0.6) is 11.5 Å². The summed E-state index contributed by atoms with van der Waals surface area (Å²) in [6.45, 7) is 4.67. The van der Waals surface area contributed by atoms with E-state index < -0.39 is 17.7 Å². The number of nitrogens with zero attached hydrogens (tertiary/aromatic N) is 1. The standard InChI is InChI=1S/C22H23N3O6/c1-4-20(27)31-14-13-30-19-12-8-6-10-17(19)24-25-21(15(2)26)22(28)23-16-9-5-7-11-18(16)29-3/h4-12,24H,1,13-14H2,2-3H3,(H,23,28)/b25-21-. The fourth-order valence-corrected chi connectivity index (χ4v) is 2.37. The molecule has 0 aliphatic rings. The Labute approximate surface area is 179 Å². The number of para-hydroxylation sites is 4. The minimum Gasteiger partial charge on any atom is -0.495 e. The lowest BCUT2D eigenvalue weighted by Gasteiger charge is -2.12. The van der Waals surface area contributed by atoms with Crippen molar-refractivity contribution in [2.75, 3.05) is 31.1 Å². The maximum Gasteiger partial charge on any atom is 0.330 e. The number of Topliss-reactive ketones (excluding diaryl/α,β-unsaturated/α-hetero) is 1. The number of nitrogens with one attached hydrogen (secondary N) is 2. The third-order valence-electron chi connectivity index (χ3n) is 3.83. The third-order valence-corrected chi connectivity index (χ3v) is 3.83. The van der Waals surface area contributed by atoms with Gasteiger partial charge in [0.1, 0.15) is 24.7 Å². The van der Waals surface area contributed by atoms with Gasteiger partial charge in [0.05, 0.1) is 18.5 Å². The van der Waals surface area contributed by atoms with Gasteiger partial charge in [0.15, 0.2) is 11.5 Å². The molecule has 2 rings (SSSR count). The summed E-state index contributed by atoms with van der Waals surface area (Å²) >= 11 is 0. The molecule has 2 N–H and O–H groups in total. The van der Waals surface area contributed by atoms with E-state index in [4.69, 9.17) is 14.2 Å². The van der Waals surface area contributed by atoms with Crippen LogP contribution in [0, 0.1) is 0 Å². The number of hydrogen-bond donors (Lipinski definition) is 2. The van der Waals surface area contributed by atoms with Gasteiger partial charge in [-0.25, -0.2) is 4.79 Å². The first-order chi connectivity index (χ1) is 15.0. The predicted molar refractivity (Wildman–Crippen MR) is 116 cm³/mol. The molecule has 0 aromatic heterocycles. The van der Waals surface area contributed by atoms with Gasteiger partial charge in [-0.2, -0.15) is 5.10 Å². The van der Waals surface area contributed by atoms with Crippen LogP contribution in [-0.4, -0.2) is 43.7 Å². The van der Waals surface area contributed by atoms with Crippen molar-refractivity contribution in [1.29, 1.82) is 0 Å². The first-order valence-electron chi connectivity index (χ1n) is 9.26. The second kappa shape index (κ2) is 11.8. The Morgan fingerprint density at radius 1 is 1.00 bits per heavy atom. The molecule has 162 valence electrons. The second-order valence-corrected chi connectivity index (χ2v) is 6.00. The SMILES string of the molecule is C=CC(=O)OCCOc1ccccc1N/N=C(/C(C)=O)C(=O)Nc1ccccc1OC. The molecule has 2 aromatic rings. The molecule has 0 aliphatic carbocycles. The van der Waals surface area contributed by atoms with Gasteiger partial charge < -0.3 is 19.5 Å². The summed E-state index contributed by atoms with van der Waals surface area (Å²) in [6.07, 6.45) is 1.06. The van der Waals surface area contributed by atoms with E-state index in [1.807, 2.05) is 0 Å². The third kappa shape index (κ3) is 7.00. The zero-order valence-electron chi connectivity index (χ0n) is 17.2.